The molecular weight excluding hydrogens is 320 g/mol. The van der Waals surface area contributed by atoms with Gasteiger partial charge in [0.05, 0.1) is 17.6 Å². The molecule has 1 atom stereocenters. The highest BCUT2D eigenvalue weighted by Crippen LogP contribution is 2.27. The van der Waals surface area contributed by atoms with Crippen LogP contribution in [0.4, 0.5) is 0 Å². The number of rotatable bonds is 5. The fourth-order valence-corrected chi connectivity index (χ4v) is 2.66. The molecule has 0 bridgehead atoms. The van der Waals surface area contributed by atoms with Crippen molar-refractivity contribution >= 4 is 28.1 Å². The predicted octanol–water partition coefficient (Wildman–Crippen LogP) is 2.60. The highest BCUT2D eigenvalue weighted by atomic mass is 16.3. The Morgan fingerprint density at radius 1 is 1.20 bits per heavy atom. The minimum absolute atomic E-state index is 0.0619. The van der Waals surface area contributed by atoms with Crippen molar-refractivity contribution in [2.24, 2.45) is 0 Å². The first-order valence-corrected chi connectivity index (χ1v) is 7.80. The van der Waals surface area contributed by atoms with Gasteiger partial charge in [0.2, 0.25) is 0 Å². The van der Waals surface area contributed by atoms with Crippen LogP contribution >= 0.6 is 0 Å². The number of ketones is 1. The van der Waals surface area contributed by atoms with Crippen LogP contribution in [-0.2, 0) is 4.79 Å². The zero-order valence-electron chi connectivity index (χ0n) is 13.6. The van der Waals surface area contributed by atoms with Crippen LogP contribution in [0.15, 0.2) is 48.5 Å². The highest BCUT2D eigenvalue weighted by Gasteiger charge is 2.19. The predicted molar refractivity (Wildman–Crippen MR) is 94.7 cm³/mol. The summed E-state index contributed by atoms with van der Waals surface area (Å²) in [5.41, 5.74) is 2.31. The standard InChI is InChI=1S/C19H18N2O4/c1-11(23)17(19-20-14-7-2-3-8-15(14)21-19)18(25)13-6-4-5-12(9-13)16(24)10-22/h2-9,16,22,24-25H,10H2,1H3,(H,20,21)/t16-/m0/s1. The van der Waals surface area contributed by atoms with Crippen LogP contribution in [0.5, 0.6) is 0 Å². The van der Waals surface area contributed by atoms with Crippen LogP contribution in [0.25, 0.3) is 22.4 Å². The van der Waals surface area contributed by atoms with Gasteiger partial charge < -0.3 is 20.3 Å². The normalized spacial score (nSPS) is 13.6. The number of aromatic nitrogens is 2. The quantitative estimate of drug-likeness (QED) is 0.423. The molecule has 3 rings (SSSR count). The smallest absolute Gasteiger partial charge is 0.167 e. The van der Waals surface area contributed by atoms with Crippen LogP contribution in [0.2, 0.25) is 0 Å². The van der Waals surface area contributed by atoms with Crippen molar-refractivity contribution in [1.82, 2.24) is 9.97 Å². The minimum atomic E-state index is -1.06. The van der Waals surface area contributed by atoms with Crippen molar-refractivity contribution in [2.45, 2.75) is 13.0 Å². The number of hydrogen-bond donors (Lipinski definition) is 4. The van der Waals surface area contributed by atoms with Gasteiger partial charge in [0, 0.05) is 5.56 Å². The Labute approximate surface area is 144 Å². The molecule has 3 aromatic rings. The molecule has 4 N–H and O–H groups in total. The van der Waals surface area contributed by atoms with Gasteiger partial charge in [-0.3, -0.25) is 4.79 Å². The van der Waals surface area contributed by atoms with Gasteiger partial charge in [-0.05, 0) is 30.7 Å². The van der Waals surface area contributed by atoms with E-state index >= 15 is 0 Å². The number of para-hydroxylation sites is 2. The number of aliphatic hydroxyl groups is 3. The molecule has 0 saturated heterocycles. The monoisotopic (exact) mass is 338 g/mol. The molecular formula is C19H18N2O4. The fourth-order valence-electron chi connectivity index (χ4n) is 2.66. The molecule has 0 aliphatic carbocycles. The van der Waals surface area contributed by atoms with E-state index in [0.717, 1.165) is 5.52 Å². The third-order valence-corrected chi connectivity index (χ3v) is 3.93. The van der Waals surface area contributed by atoms with Crippen LogP contribution < -0.4 is 0 Å². The average Bonchev–Trinajstić information content (AvgIpc) is 3.04. The van der Waals surface area contributed by atoms with Gasteiger partial charge in [-0.2, -0.15) is 0 Å². The van der Waals surface area contributed by atoms with Gasteiger partial charge in [-0.15, -0.1) is 0 Å². The summed E-state index contributed by atoms with van der Waals surface area (Å²) >= 11 is 0. The lowest BCUT2D eigenvalue weighted by Gasteiger charge is -2.11. The van der Waals surface area contributed by atoms with E-state index in [2.05, 4.69) is 9.97 Å². The van der Waals surface area contributed by atoms with Crippen LogP contribution in [0, 0.1) is 0 Å². The topological polar surface area (TPSA) is 106 Å². The number of nitrogens with one attached hydrogen (secondary N) is 1. The van der Waals surface area contributed by atoms with Crippen molar-refractivity contribution in [2.75, 3.05) is 6.61 Å². The molecule has 128 valence electrons. The SMILES string of the molecule is CC(=O)C(=C(O)c1cccc([C@@H](O)CO)c1)c1nc2ccccc2[nH]1. The van der Waals surface area contributed by atoms with Crippen molar-refractivity contribution in [3.05, 3.63) is 65.5 Å². The second-order valence-corrected chi connectivity index (χ2v) is 5.71. The average molecular weight is 338 g/mol. The molecule has 1 aromatic heterocycles. The molecule has 0 aliphatic heterocycles. The minimum Gasteiger partial charge on any atom is -0.506 e. The third kappa shape index (κ3) is 3.31. The summed E-state index contributed by atoms with van der Waals surface area (Å²) in [5, 5.41) is 29.5. The zero-order valence-corrected chi connectivity index (χ0v) is 13.6. The first-order valence-electron chi connectivity index (χ1n) is 7.80. The van der Waals surface area contributed by atoms with Crippen molar-refractivity contribution in [3.63, 3.8) is 0 Å². The molecule has 0 radical (unpaired) electrons. The molecule has 0 unspecified atom stereocenters. The van der Waals surface area contributed by atoms with E-state index in [-0.39, 0.29) is 22.9 Å². The molecule has 0 saturated carbocycles. The van der Waals surface area contributed by atoms with E-state index in [1.54, 1.807) is 18.2 Å². The van der Waals surface area contributed by atoms with Gasteiger partial charge in [0.25, 0.3) is 0 Å². The summed E-state index contributed by atoms with van der Waals surface area (Å²) < 4.78 is 0. The fraction of sp³-hybridized carbons (Fsp3) is 0.158. The number of aromatic amines is 1. The largest absolute Gasteiger partial charge is 0.506 e. The number of allylic oxidation sites excluding steroid dienone is 1. The molecule has 6 nitrogen and oxygen atoms in total. The number of nitrogens with zero attached hydrogens (tertiary/aromatic N) is 1. The Kier molecular flexibility index (Phi) is 4.65. The van der Waals surface area contributed by atoms with Gasteiger partial charge in [0.1, 0.15) is 23.3 Å². The summed E-state index contributed by atoms with van der Waals surface area (Å²) in [7, 11) is 0. The third-order valence-electron chi connectivity index (χ3n) is 3.93. The number of benzene rings is 2. The second-order valence-electron chi connectivity index (χ2n) is 5.71. The molecule has 0 spiro atoms. The Bertz CT molecular complexity index is 926. The number of carbonyl (C=O) groups is 1. The van der Waals surface area contributed by atoms with E-state index < -0.39 is 12.7 Å². The lowest BCUT2D eigenvalue weighted by atomic mass is 10.0. The van der Waals surface area contributed by atoms with Crippen LogP contribution in [-0.4, -0.2) is 37.7 Å². The van der Waals surface area contributed by atoms with E-state index in [0.29, 0.717) is 16.6 Å². The van der Waals surface area contributed by atoms with E-state index in [1.807, 2.05) is 24.3 Å². The summed E-state index contributed by atoms with van der Waals surface area (Å²) in [6.07, 6.45) is -1.06. The Morgan fingerprint density at radius 3 is 2.64 bits per heavy atom. The molecule has 1 heterocycles. The summed E-state index contributed by atoms with van der Waals surface area (Å²) in [4.78, 5) is 19.6. The summed E-state index contributed by atoms with van der Waals surface area (Å²) in [6, 6.07) is 13.7. The number of fused-ring (bicyclic) bond motifs is 1. The maximum Gasteiger partial charge on any atom is 0.167 e. The van der Waals surface area contributed by atoms with Gasteiger partial charge >= 0.3 is 0 Å². The van der Waals surface area contributed by atoms with Gasteiger partial charge in [0.15, 0.2) is 5.78 Å². The molecule has 25 heavy (non-hydrogen) atoms. The van der Waals surface area contributed by atoms with Crippen LogP contribution in [0.3, 0.4) is 0 Å². The van der Waals surface area contributed by atoms with Crippen molar-refractivity contribution < 1.29 is 20.1 Å². The maximum atomic E-state index is 12.1. The molecule has 0 aliphatic rings. The number of aliphatic hydroxyl groups excluding tert-OH is 3. The number of H-pyrrole nitrogens is 1. The van der Waals surface area contributed by atoms with Gasteiger partial charge in [-0.25, -0.2) is 4.98 Å². The number of carbonyl (C=O) groups excluding carboxylic acids is 1. The van der Waals surface area contributed by atoms with Gasteiger partial charge in [-0.1, -0.05) is 30.3 Å². The summed E-state index contributed by atoms with van der Waals surface area (Å²) in [5.74, 6) is -0.303. The zero-order chi connectivity index (χ0) is 18.0. The van der Waals surface area contributed by atoms with E-state index in [1.165, 1.54) is 13.0 Å². The highest BCUT2D eigenvalue weighted by molar-refractivity contribution is 6.25. The Morgan fingerprint density at radius 2 is 1.96 bits per heavy atom. The molecule has 0 fully saturated rings. The Hall–Kier alpha value is -2.96. The summed E-state index contributed by atoms with van der Waals surface area (Å²) in [6.45, 7) is 0.919. The first-order chi connectivity index (χ1) is 12.0. The van der Waals surface area contributed by atoms with Crippen LogP contribution in [0.1, 0.15) is 30.0 Å². The maximum absolute atomic E-state index is 12.1. The second kappa shape index (κ2) is 6.88. The molecule has 2 aromatic carbocycles. The number of hydrogen-bond acceptors (Lipinski definition) is 5. The lowest BCUT2D eigenvalue weighted by molar-refractivity contribution is -0.111. The molecule has 0 amide bonds. The lowest BCUT2D eigenvalue weighted by Crippen LogP contribution is -2.05. The van der Waals surface area contributed by atoms with E-state index in [4.69, 9.17) is 5.11 Å². The van der Waals surface area contributed by atoms with Crippen molar-refractivity contribution in [3.8, 4) is 0 Å². The number of imidazole rings is 1. The number of Topliss-reactive ketones (excluding diaryl/α,β-unsaturated/α-hetero) is 1. The molecule has 6 heteroatoms. The first kappa shape index (κ1) is 16.9. The van der Waals surface area contributed by atoms with E-state index in [9.17, 15) is 15.0 Å². The van der Waals surface area contributed by atoms with Crippen molar-refractivity contribution in [1.29, 1.82) is 0 Å². The Balaban J connectivity index is 2.14.